The molecule has 0 amide bonds. The van der Waals surface area contributed by atoms with E-state index in [1.54, 1.807) is 12.4 Å². The first kappa shape index (κ1) is 15.6. The van der Waals surface area contributed by atoms with Crippen LogP contribution in [-0.2, 0) is 0 Å². The molecule has 4 aromatic rings. The average Bonchev–Trinajstić information content (AvgIpc) is 3.21. The number of aromatic nitrogens is 2. The maximum Gasteiger partial charge on any atom is 0.235 e. The van der Waals surface area contributed by atoms with Crippen LogP contribution in [0.25, 0.3) is 44.7 Å². The third-order valence-corrected chi connectivity index (χ3v) is 4.32. The van der Waals surface area contributed by atoms with Gasteiger partial charge in [0, 0.05) is 57.2 Å². The van der Waals surface area contributed by atoms with Gasteiger partial charge in [-0.15, -0.1) is 0 Å². The zero-order chi connectivity index (χ0) is 18.3. The smallest absolute Gasteiger partial charge is 0.235 e. The zero-order valence-corrected chi connectivity index (χ0v) is 13.3. The lowest BCUT2D eigenvalue weighted by molar-refractivity contribution is -0.401. The van der Waals surface area contributed by atoms with Gasteiger partial charge in [-0.25, -0.2) is 0 Å². The number of benzene rings is 2. The van der Waals surface area contributed by atoms with Crippen LogP contribution >= 0.6 is 0 Å². The van der Waals surface area contributed by atoms with Gasteiger partial charge in [0.2, 0.25) is 12.4 Å². The van der Waals surface area contributed by atoms with Crippen molar-refractivity contribution in [3.8, 4) is 0 Å². The molecule has 2 aromatic heterocycles. The Balaban J connectivity index is 1.92. The molecule has 0 aliphatic carbocycles. The van der Waals surface area contributed by atoms with E-state index in [2.05, 4.69) is 9.97 Å². The minimum atomic E-state index is -0.498. The summed E-state index contributed by atoms with van der Waals surface area (Å²) in [6.07, 6.45) is 8.20. The normalized spacial score (nSPS) is 12.2. The summed E-state index contributed by atoms with van der Waals surface area (Å²) in [6.45, 7) is 0. The predicted molar refractivity (Wildman–Crippen MR) is 99.7 cm³/mol. The van der Waals surface area contributed by atoms with Crippen LogP contribution in [0.1, 0.15) is 11.1 Å². The van der Waals surface area contributed by atoms with Crippen LogP contribution in [-0.4, -0.2) is 19.8 Å². The average molecular weight is 348 g/mol. The quantitative estimate of drug-likeness (QED) is 0.422. The van der Waals surface area contributed by atoms with Crippen LogP contribution in [0.5, 0.6) is 0 Å². The number of nitrogens with one attached hydrogen (secondary N) is 2. The van der Waals surface area contributed by atoms with E-state index in [1.807, 2.05) is 24.3 Å². The molecule has 0 fully saturated rings. The standard InChI is InChI=1S/C18H12N4O4/c23-21(24)7-5-11-9-19-17-13(11)1-3-15-16(17)4-2-14-12(6-8-22(25)26)10-20-18(14)15/h1-10,19-20H/b7-5+,8-6+. The molecule has 0 saturated carbocycles. The molecule has 2 aromatic carbocycles. The summed E-state index contributed by atoms with van der Waals surface area (Å²) < 4.78 is 0. The van der Waals surface area contributed by atoms with Crippen molar-refractivity contribution < 1.29 is 9.85 Å². The summed E-state index contributed by atoms with van der Waals surface area (Å²) in [5.74, 6) is 0. The molecule has 0 aliphatic rings. The van der Waals surface area contributed by atoms with Crippen molar-refractivity contribution in [2.75, 3.05) is 0 Å². The van der Waals surface area contributed by atoms with Crippen molar-refractivity contribution in [1.29, 1.82) is 0 Å². The van der Waals surface area contributed by atoms with Gasteiger partial charge in [0.15, 0.2) is 0 Å². The number of aromatic amines is 2. The molecule has 0 spiro atoms. The van der Waals surface area contributed by atoms with Gasteiger partial charge in [-0.2, -0.15) is 0 Å². The van der Waals surface area contributed by atoms with Crippen molar-refractivity contribution >= 4 is 44.7 Å². The summed E-state index contributed by atoms with van der Waals surface area (Å²) in [6, 6.07) is 7.69. The first-order chi connectivity index (χ1) is 12.5. The van der Waals surface area contributed by atoms with E-state index in [0.29, 0.717) is 0 Å². The van der Waals surface area contributed by atoms with Gasteiger partial charge in [-0.1, -0.05) is 24.3 Å². The fourth-order valence-corrected chi connectivity index (χ4v) is 3.21. The van der Waals surface area contributed by atoms with Crippen molar-refractivity contribution in [2.24, 2.45) is 0 Å². The Labute approximate surface area is 145 Å². The third kappa shape index (κ3) is 2.49. The van der Waals surface area contributed by atoms with Gasteiger partial charge < -0.3 is 9.97 Å². The van der Waals surface area contributed by atoms with Crippen LogP contribution in [0.3, 0.4) is 0 Å². The molecule has 26 heavy (non-hydrogen) atoms. The maximum absolute atomic E-state index is 10.5. The lowest BCUT2D eigenvalue weighted by Gasteiger charge is -2.03. The molecular weight excluding hydrogens is 336 g/mol. The van der Waals surface area contributed by atoms with E-state index < -0.39 is 9.85 Å². The summed E-state index contributed by atoms with van der Waals surface area (Å²) in [5.41, 5.74) is 3.23. The first-order valence-electron chi connectivity index (χ1n) is 7.72. The number of hydrogen-bond donors (Lipinski definition) is 2. The highest BCUT2D eigenvalue weighted by molar-refractivity contribution is 6.17. The number of fused-ring (bicyclic) bond motifs is 5. The zero-order valence-electron chi connectivity index (χ0n) is 13.3. The Hall–Kier alpha value is -3.94. The van der Waals surface area contributed by atoms with E-state index >= 15 is 0 Å². The SMILES string of the molecule is O=[N+]([O-])/C=C/c1c[nH]c2c1ccc1c2ccc2c(/C=C/[N+](=O)[O-])c[nH]c21. The van der Waals surface area contributed by atoms with Gasteiger partial charge in [0.25, 0.3) is 0 Å². The van der Waals surface area contributed by atoms with Crippen molar-refractivity contribution in [1.82, 2.24) is 9.97 Å². The van der Waals surface area contributed by atoms with Crippen LogP contribution in [0.15, 0.2) is 49.1 Å². The molecule has 8 heteroatoms. The summed E-state index contributed by atoms with van der Waals surface area (Å²) in [5, 5.41) is 24.8. The second-order valence-corrected chi connectivity index (χ2v) is 5.76. The van der Waals surface area contributed by atoms with Crippen LogP contribution < -0.4 is 0 Å². The first-order valence-corrected chi connectivity index (χ1v) is 7.72. The van der Waals surface area contributed by atoms with Crippen LogP contribution in [0, 0.1) is 20.2 Å². The lowest BCUT2D eigenvalue weighted by Crippen LogP contribution is -1.82. The van der Waals surface area contributed by atoms with E-state index in [9.17, 15) is 20.2 Å². The topological polar surface area (TPSA) is 118 Å². The maximum atomic E-state index is 10.5. The minimum absolute atomic E-state index is 0.498. The molecule has 0 aliphatic heterocycles. The molecule has 0 radical (unpaired) electrons. The van der Waals surface area contributed by atoms with Gasteiger partial charge in [0.1, 0.15) is 0 Å². The molecule has 2 N–H and O–H groups in total. The van der Waals surface area contributed by atoms with E-state index in [0.717, 1.165) is 56.1 Å². The number of nitro groups is 2. The number of nitrogens with zero attached hydrogens (tertiary/aromatic N) is 2. The molecule has 0 atom stereocenters. The van der Waals surface area contributed by atoms with Gasteiger partial charge in [-0.3, -0.25) is 20.2 Å². The van der Waals surface area contributed by atoms with Crippen molar-refractivity contribution in [3.05, 3.63) is 80.4 Å². The van der Waals surface area contributed by atoms with Gasteiger partial charge >= 0.3 is 0 Å². The second kappa shape index (κ2) is 5.85. The molecule has 0 saturated heterocycles. The molecule has 128 valence electrons. The Morgan fingerprint density at radius 2 is 1.08 bits per heavy atom. The highest BCUT2D eigenvalue weighted by Gasteiger charge is 2.11. The van der Waals surface area contributed by atoms with Crippen molar-refractivity contribution in [2.45, 2.75) is 0 Å². The van der Waals surface area contributed by atoms with Gasteiger partial charge in [0.05, 0.1) is 20.9 Å². The summed E-state index contributed by atoms with van der Waals surface area (Å²) in [4.78, 5) is 26.4. The lowest BCUT2D eigenvalue weighted by atomic mass is 10.0. The molecule has 8 nitrogen and oxygen atoms in total. The molecule has 0 bridgehead atoms. The van der Waals surface area contributed by atoms with Crippen LogP contribution in [0.2, 0.25) is 0 Å². The Kier molecular flexibility index (Phi) is 3.51. The molecule has 0 unspecified atom stereocenters. The van der Waals surface area contributed by atoms with E-state index in [-0.39, 0.29) is 0 Å². The largest absolute Gasteiger partial charge is 0.360 e. The van der Waals surface area contributed by atoms with Crippen LogP contribution in [0.4, 0.5) is 0 Å². The molecule has 2 heterocycles. The highest BCUT2D eigenvalue weighted by Crippen LogP contribution is 2.33. The number of rotatable bonds is 4. The molecular formula is C18H12N4O4. The summed E-state index contributed by atoms with van der Waals surface area (Å²) in [7, 11) is 0. The molecule has 4 rings (SSSR count). The second-order valence-electron chi connectivity index (χ2n) is 5.76. The van der Waals surface area contributed by atoms with E-state index in [4.69, 9.17) is 0 Å². The number of hydrogen-bond acceptors (Lipinski definition) is 4. The number of H-pyrrole nitrogens is 2. The fourth-order valence-electron chi connectivity index (χ4n) is 3.21. The monoisotopic (exact) mass is 348 g/mol. The highest BCUT2D eigenvalue weighted by atomic mass is 16.6. The van der Waals surface area contributed by atoms with Crippen molar-refractivity contribution in [3.63, 3.8) is 0 Å². The van der Waals surface area contributed by atoms with Gasteiger partial charge in [-0.05, 0) is 0 Å². The van der Waals surface area contributed by atoms with E-state index in [1.165, 1.54) is 12.2 Å². The summed E-state index contributed by atoms with van der Waals surface area (Å²) >= 11 is 0. The minimum Gasteiger partial charge on any atom is -0.360 e. The Bertz CT molecular complexity index is 1150. The predicted octanol–water partition coefficient (Wildman–Crippen LogP) is 4.30. The Morgan fingerprint density at radius 1 is 0.692 bits per heavy atom. The third-order valence-electron chi connectivity index (χ3n) is 4.32. The Morgan fingerprint density at radius 3 is 1.46 bits per heavy atom. The fraction of sp³-hybridized carbons (Fsp3) is 0.